The van der Waals surface area contributed by atoms with E-state index < -0.39 is 12.0 Å². The van der Waals surface area contributed by atoms with E-state index in [-0.39, 0.29) is 36.9 Å². The summed E-state index contributed by atoms with van der Waals surface area (Å²) >= 11 is 1.21. The zero-order chi connectivity index (χ0) is 34.0. The van der Waals surface area contributed by atoms with Crippen LogP contribution in [-0.2, 0) is 19.1 Å². The van der Waals surface area contributed by atoms with Gasteiger partial charge in [-0.15, -0.1) is 0 Å². The molecule has 1 amide bonds. The van der Waals surface area contributed by atoms with Gasteiger partial charge in [0.2, 0.25) is 0 Å². The van der Waals surface area contributed by atoms with Gasteiger partial charge in [-0.2, -0.15) is 0 Å². The number of fused-ring (bicyclic) bond motifs is 1. The van der Waals surface area contributed by atoms with Crippen molar-refractivity contribution < 1.29 is 33.3 Å². The number of aromatic nitrogens is 1. The van der Waals surface area contributed by atoms with Crippen molar-refractivity contribution in [2.75, 3.05) is 46.0 Å². The molecule has 2 heterocycles. The number of para-hydroxylation sites is 2. The van der Waals surface area contributed by atoms with Gasteiger partial charge in [0.1, 0.15) is 18.4 Å². The number of esters is 1. The SMILES string of the molecule is CCCOc1c(OC)cccc1[C@H]1C(C(=O)OCCOC)=C(C)N=c2s/c(=C/c3ccc(OCC(=O)Nc4ccccc4)cc3)c(=O)n21. The van der Waals surface area contributed by atoms with Crippen LogP contribution in [0, 0.1) is 0 Å². The van der Waals surface area contributed by atoms with Crippen LogP contribution in [0.4, 0.5) is 5.69 Å². The van der Waals surface area contributed by atoms with E-state index in [0.29, 0.717) is 50.1 Å². The highest BCUT2D eigenvalue weighted by Crippen LogP contribution is 2.41. The first-order chi connectivity index (χ1) is 23.3. The number of hydrogen-bond donors (Lipinski definition) is 1. The molecule has 4 aromatic rings. The maximum Gasteiger partial charge on any atom is 0.338 e. The fourth-order valence-electron chi connectivity index (χ4n) is 5.12. The van der Waals surface area contributed by atoms with Gasteiger partial charge in [0, 0.05) is 18.4 Å². The molecule has 0 unspecified atom stereocenters. The third kappa shape index (κ3) is 7.84. The number of anilines is 1. The molecule has 1 N–H and O–H groups in total. The predicted molar refractivity (Wildman–Crippen MR) is 182 cm³/mol. The van der Waals surface area contributed by atoms with Crippen molar-refractivity contribution in [3.8, 4) is 17.2 Å². The molecule has 12 heteroatoms. The molecule has 1 aromatic heterocycles. The van der Waals surface area contributed by atoms with Crippen LogP contribution < -0.4 is 34.4 Å². The van der Waals surface area contributed by atoms with Gasteiger partial charge in [-0.1, -0.05) is 60.7 Å². The molecule has 0 radical (unpaired) electrons. The number of nitrogens with zero attached hydrogens (tertiary/aromatic N) is 2. The predicted octanol–water partition coefficient (Wildman–Crippen LogP) is 4.24. The Morgan fingerprint density at radius 3 is 2.44 bits per heavy atom. The second-order valence-electron chi connectivity index (χ2n) is 10.7. The zero-order valence-electron chi connectivity index (χ0n) is 27.2. The molecule has 1 aliphatic heterocycles. The summed E-state index contributed by atoms with van der Waals surface area (Å²) in [5.41, 5.74) is 2.31. The van der Waals surface area contributed by atoms with Gasteiger partial charge in [-0.25, -0.2) is 9.79 Å². The Kier molecular flexibility index (Phi) is 11.4. The Labute approximate surface area is 281 Å². The summed E-state index contributed by atoms with van der Waals surface area (Å²) in [6.45, 7) is 4.22. The van der Waals surface area contributed by atoms with Crippen molar-refractivity contribution in [2.45, 2.75) is 26.3 Å². The number of amides is 1. The molecule has 1 atom stereocenters. The molecule has 0 bridgehead atoms. The van der Waals surface area contributed by atoms with Gasteiger partial charge in [0.15, 0.2) is 22.9 Å². The number of carbonyl (C=O) groups is 2. The van der Waals surface area contributed by atoms with Crippen molar-refractivity contribution >= 4 is 35.0 Å². The maximum atomic E-state index is 14.2. The standard InChI is InChI=1S/C36H37N3O8S/c1-5-18-45-33-27(12-9-13-28(33)44-4)32-31(35(42)46-20-19-43-3)23(2)37-36-39(32)34(41)29(48-36)21-24-14-16-26(17-15-24)47-22-30(40)38-25-10-7-6-8-11-25/h6-17,21,32H,5,18-20,22H2,1-4H3,(H,38,40)/b29-21+/t32-/m0/s1. The molecule has 0 spiro atoms. The molecule has 5 rings (SSSR count). The summed E-state index contributed by atoms with van der Waals surface area (Å²) in [7, 11) is 3.06. The van der Waals surface area contributed by atoms with Gasteiger partial charge >= 0.3 is 5.97 Å². The highest BCUT2D eigenvalue weighted by molar-refractivity contribution is 7.07. The summed E-state index contributed by atoms with van der Waals surface area (Å²) < 4.78 is 30.0. The van der Waals surface area contributed by atoms with E-state index in [4.69, 9.17) is 23.7 Å². The average molecular weight is 672 g/mol. The van der Waals surface area contributed by atoms with E-state index in [1.165, 1.54) is 23.0 Å². The lowest BCUT2D eigenvalue weighted by molar-refractivity contribution is -0.140. The summed E-state index contributed by atoms with van der Waals surface area (Å²) in [5, 5.41) is 2.78. The number of carbonyl (C=O) groups excluding carboxylic acids is 2. The second kappa shape index (κ2) is 16.1. The zero-order valence-corrected chi connectivity index (χ0v) is 28.0. The minimum Gasteiger partial charge on any atom is -0.493 e. The molecule has 1 aliphatic rings. The van der Waals surface area contributed by atoms with Crippen LogP contribution in [0.5, 0.6) is 17.2 Å². The number of nitrogens with one attached hydrogen (secondary N) is 1. The van der Waals surface area contributed by atoms with E-state index in [2.05, 4.69) is 10.3 Å². The van der Waals surface area contributed by atoms with Crippen molar-refractivity contribution in [1.82, 2.24) is 4.57 Å². The summed E-state index contributed by atoms with van der Waals surface area (Å²) in [6.07, 6.45) is 2.49. The maximum absolute atomic E-state index is 14.2. The number of allylic oxidation sites excluding steroid dienone is 1. The quantitative estimate of drug-likeness (QED) is 0.156. The monoisotopic (exact) mass is 671 g/mol. The lowest BCUT2D eigenvalue weighted by Gasteiger charge is -2.27. The van der Waals surface area contributed by atoms with Crippen LogP contribution in [0.2, 0.25) is 0 Å². The minimum absolute atomic E-state index is 0.0396. The number of rotatable bonds is 14. The third-order valence-electron chi connectivity index (χ3n) is 7.34. The first kappa shape index (κ1) is 34.1. The lowest BCUT2D eigenvalue weighted by Crippen LogP contribution is -2.40. The highest BCUT2D eigenvalue weighted by atomic mass is 32.1. The first-order valence-corrected chi connectivity index (χ1v) is 16.2. The molecule has 0 saturated heterocycles. The second-order valence-corrected chi connectivity index (χ2v) is 11.7. The molecule has 11 nitrogen and oxygen atoms in total. The van der Waals surface area contributed by atoms with Crippen LogP contribution in [0.15, 0.2) is 93.9 Å². The van der Waals surface area contributed by atoms with Gasteiger partial charge in [0.25, 0.3) is 11.5 Å². The van der Waals surface area contributed by atoms with Crippen molar-refractivity contribution in [2.24, 2.45) is 4.99 Å². The van der Waals surface area contributed by atoms with Crippen LogP contribution in [0.3, 0.4) is 0 Å². The van der Waals surface area contributed by atoms with Crippen LogP contribution >= 0.6 is 11.3 Å². The Morgan fingerprint density at radius 1 is 0.958 bits per heavy atom. The molecule has 48 heavy (non-hydrogen) atoms. The Bertz CT molecular complexity index is 1970. The molecule has 0 saturated carbocycles. The molecule has 0 fully saturated rings. The van der Waals surface area contributed by atoms with Gasteiger partial charge in [-0.3, -0.25) is 14.2 Å². The van der Waals surface area contributed by atoms with E-state index in [1.54, 1.807) is 68.6 Å². The average Bonchev–Trinajstić information content (AvgIpc) is 3.40. The summed E-state index contributed by atoms with van der Waals surface area (Å²) in [6, 6.07) is 20.7. The molecular formula is C36H37N3O8S. The summed E-state index contributed by atoms with van der Waals surface area (Å²) in [4.78, 5) is 45.1. The van der Waals surface area contributed by atoms with Crippen molar-refractivity contribution in [3.63, 3.8) is 0 Å². The largest absolute Gasteiger partial charge is 0.493 e. The van der Waals surface area contributed by atoms with E-state index in [9.17, 15) is 14.4 Å². The van der Waals surface area contributed by atoms with E-state index in [0.717, 1.165) is 12.0 Å². The molecular weight excluding hydrogens is 634 g/mol. The van der Waals surface area contributed by atoms with Crippen LogP contribution in [-0.4, -0.2) is 57.1 Å². The number of benzene rings is 3. The van der Waals surface area contributed by atoms with Crippen LogP contribution in [0.1, 0.15) is 37.4 Å². The highest BCUT2D eigenvalue weighted by Gasteiger charge is 2.36. The fourth-order valence-corrected chi connectivity index (χ4v) is 6.17. The van der Waals surface area contributed by atoms with Crippen LogP contribution in [0.25, 0.3) is 6.08 Å². The van der Waals surface area contributed by atoms with E-state index >= 15 is 0 Å². The van der Waals surface area contributed by atoms with Gasteiger partial charge in [-0.05, 0) is 55.3 Å². The first-order valence-electron chi connectivity index (χ1n) is 15.4. The van der Waals surface area contributed by atoms with Crippen molar-refractivity contribution in [3.05, 3.63) is 115 Å². The van der Waals surface area contributed by atoms with Gasteiger partial charge in [0.05, 0.1) is 36.1 Å². The Morgan fingerprint density at radius 2 is 1.73 bits per heavy atom. The van der Waals surface area contributed by atoms with Gasteiger partial charge < -0.3 is 29.0 Å². The topological polar surface area (TPSA) is 127 Å². The Hall–Kier alpha value is -5.20. The normalized spacial score (nSPS) is 14.2. The summed E-state index contributed by atoms with van der Waals surface area (Å²) in [5.74, 6) is 0.528. The fraction of sp³-hybridized carbons (Fsp3) is 0.278. The molecule has 250 valence electrons. The number of ether oxygens (including phenoxy) is 5. The minimum atomic E-state index is -0.891. The number of methoxy groups -OCH3 is 2. The van der Waals surface area contributed by atoms with Crippen molar-refractivity contribution in [1.29, 1.82) is 0 Å². The lowest BCUT2D eigenvalue weighted by atomic mass is 9.94. The number of thiazole rings is 1. The molecule has 0 aliphatic carbocycles. The number of hydrogen-bond acceptors (Lipinski definition) is 10. The smallest absolute Gasteiger partial charge is 0.338 e. The van der Waals surface area contributed by atoms with E-state index in [1.807, 2.05) is 31.2 Å². The Balaban J connectivity index is 1.49. The molecule has 3 aromatic carbocycles. The third-order valence-corrected chi connectivity index (χ3v) is 8.32.